The van der Waals surface area contributed by atoms with Crippen LogP contribution >= 0.6 is 0 Å². The van der Waals surface area contributed by atoms with Gasteiger partial charge in [0.15, 0.2) is 0 Å². The van der Waals surface area contributed by atoms with E-state index in [-0.39, 0.29) is 12.2 Å². The van der Waals surface area contributed by atoms with Crippen LogP contribution in [0.5, 0.6) is 0 Å². The minimum Gasteiger partial charge on any atom is -0.396 e. The molecule has 2 rings (SSSR count). The number of methoxy groups -OCH3 is 1. The van der Waals surface area contributed by atoms with Crippen molar-refractivity contribution in [1.82, 2.24) is 10.1 Å². The van der Waals surface area contributed by atoms with Crippen LogP contribution < -0.4 is 0 Å². The van der Waals surface area contributed by atoms with Crippen LogP contribution in [0.1, 0.15) is 64.1 Å². The molecule has 5 nitrogen and oxygen atoms in total. The third-order valence-electron chi connectivity index (χ3n) is 4.48. The summed E-state index contributed by atoms with van der Waals surface area (Å²) in [5.74, 6) is 1.34. The van der Waals surface area contributed by atoms with Crippen molar-refractivity contribution in [3.8, 4) is 0 Å². The fourth-order valence-corrected chi connectivity index (χ4v) is 2.78. The molecule has 0 atom stereocenters. The second kappa shape index (κ2) is 6.22. The quantitative estimate of drug-likeness (QED) is 0.813. The first kappa shape index (κ1) is 15.4. The summed E-state index contributed by atoms with van der Waals surface area (Å²) in [6, 6.07) is 0. The van der Waals surface area contributed by atoms with Crippen LogP contribution in [0.2, 0.25) is 0 Å². The molecule has 0 spiro atoms. The lowest BCUT2D eigenvalue weighted by molar-refractivity contribution is -0.0740. The van der Waals surface area contributed by atoms with Crippen LogP contribution in [0.15, 0.2) is 4.52 Å². The first-order valence-corrected chi connectivity index (χ1v) is 7.50. The first-order chi connectivity index (χ1) is 9.51. The van der Waals surface area contributed by atoms with Crippen LogP contribution in [-0.4, -0.2) is 29.0 Å². The Morgan fingerprint density at radius 3 is 2.50 bits per heavy atom. The van der Waals surface area contributed by atoms with E-state index in [2.05, 4.69) is 24.0 Å². The molecule has 1 aliphatic rings. The van der Waals surface area contributed by atoms with Gasteiger partial charge in [0.05, 0.1) is 0 Å². The molecule has 1 heterocycles. The largest absolute Gasteiger partial charge is 0.396 e. The second-order valence-corrected chi connectivity index (χ2v) is 6.56. The Labute approximate surface area is 120 Å². The molecule has 0 radical (unpaired) electrons. The number of nitrogens with zero attached hydrogens (tertiary/aromatic N) is 2. The van der Waals surface area contributed by atoms with Gasteiger partial charge >= 0.3 is 0 Å². The maximum Gasteiger partial charge on any atom is 0.226 e. The van der Waals surface area contributed by atoms with Crippen LogP contribution in [-0.2, 0) is 16.8 Å². The normalized spacial score (nSPS) is 21.0. The smallest absolute Gasteiger partial charge is 0.226 e. The Bertz CT molecular complexity index is 419. The molecule has 1 saturated carbocycles. The summed E-state index contributed by atoms with van der Waals surface area (Å²) in [4.78, 5) is 4.51. The summed E-state index contributed by atoms with van der Waals surface area (Å²) >= 11 is 0. The topological polar surface area (TPSA) is 68.4 Å². The van der Waals surface area contributed by atoms with Crippen LogP contribution in [0.4, 0.5) is 0 Å². The molecule has 0 aliphatic heterocycles. The summed E-state index contributed by atoms with van der Waals surface area (Å²) < 4.78 is 11.1. The zero-order valence-corrected chi connectivity index (χ0v) is 12.8. The third kappa shape index (κ3) is 3.38. The molecule has 114 valence electrons. The molecule has 0 saturated heterocycles. The predicted octanol–water partition coefficient (Wildman–Crippen LogP) is 2.83. The molecule has 1 fully saturated rings. The van der Waals surface area contributed by atoms with Gasteiger partial charge in [-0.1, -0.05) is 19.0 Å². The minimum atomic E-state index is -0.381. The average Bonchev–Trinajstić information content (AvgIpc) is 2.89. The first-order valence-electron chi connectivity index (χ1n) is 7.50. The van der Waals surface area contributed by atoms with Gasteiger partial charge in [0.2, 0.25) is 11.7 Å². The molecular formula is C15H26N2O3. The van der Waals surface area contributed by atoms with Crippen molar-refractivity contribution in [2.75, 3.05) is 13.7 Å². The lowest BCUT2D eigenvalue weighted by Gasteiger charge is -2.40. The summed E-state index contributed by atoms with van der Waals surface area (Å²) in [6.45, 7) is 4.80. The van der Waals surface area contributed by atoms with Crippen molar-refractivity contribution in [3.05, 3.63) is 11.7 Å². The Hall–Kier alpha value is -0.940. The molecule has 1 aromatic heterocycles. The Morgan fingerprint density at radius 2 is 1.90 bits per heavy atom. The molecule has 1 N–H and O–H groups in total. The second-order valence-electron chi connectivity index (χ2n) is 6.56. The molecule has 1 aliphatic carbocycles. The standard InChI is InChI=1S/C15H26N2O3/c1-14(2)7-9-15(19-3,10-8-14)13-16-12(20-17-13)6-4-5-11-18/h18H,4-11H2,1-3H3. The van der Waals surface area contributed by atoms with Crippen molar-refractivity contribution in [3.63, 3.8) is 0 Å². The van der Waals surface area contributed by atoms with E-state index >= 15 is 0 Å². The van der Waals surface area contributed by atoms with Gasteiger partial charge in [0.25, 0.3) is 0 Å². The number of hydrogen-bond donors (Lipinski definition) is 1. The maximum atomic E-state index is 8.79. The van der Waals surface area contributed by atoms with E-state index < -0.39 is 0 Å². The van der Waals surface area contributed by atoms with Crippen molar-refractivity contribution in [2.45, 2.75) is 64.4 Å². The fraction of sp³-hybridized carbons (Fsp3) is 0.867. The van der Waals surface area contributed by atoms with Crippen molar-refractivity contribution in [2.24, 2.45) is 5.41 Å². The number of aliphatic hydroxyl groups excluding tert-OH is 1. The molecule has 0 bridgehead atoms. The van der Waals surface area contributed by atoms with Gasteiger partial charge in [-0.15, -0.1) is 0 Å². The number of unbranched alkanes of at least 4 members (excludes halogenated alkanes) is 1. The van der Waals surface area contributed by atoms with Gasteiger partial charge in [0.1, 0.15) is 5.60 Å². The zero-order valence-electron chi connectivity index (χ0n) is 12.8. The van der Waals surface area contributed by atoms with E-state index in [0.29, 0.717) is 17.1 Å². The van der Waals surface area contributed by atoms with Crippen molar-refractivity contribution in [1.29, 1.82) is 0 Å². The van der Waals surface area contributed by atoms with Gasteiger partial charge in [-0.2, -0.15) is 4.98 Å². The SMILES string of the molecule is COC1(c2noc(CCCCO)n2)CCC(C)(C)CC1. The molecule has 0 amide bonds. The van der Waals surface area contributed by atoms with Gasteiger partial charge in [-0.3, -0.25) is 0 Å². The highest BCUT2D eigenvalue weighted by molar-refractivity contribution is 5.05. The van der Waals surface area contributed by atoms with E-state index in [1.807, 2.05) is 0 Å². The summed E-state index contributed by atoms with van der Waals surface area (Å²) in [5, 5.41) is 12.9. The Morgan fingerprint density at radius 1 is 1.20 bits per heavy atom. The number of aromatic nitrogens is 2. The summed E-state index contributed by atoms with van der Waals surface area (Å²) in [5.41, 5.74) is -0.00995. The van der Waals surface area contributed by atoms with Gasteiger partial charge in [-0.25, -0.2) is 0 Å². The van der Waals surface area contributed by atoms with Gasteiger partial charge in [-0.05, 0) is 43.9 Å². The molecular weight excluding hydrogens is 256 g/mol. The maximum absolute atomic E-state index is 8.79. The Kier molecular flexibility index (Phi) is 4.81. The number of rotatable bonds is 6. The van der Waals surface area contributed by atoms with Crippen molar-refractivity contribution >= 4 is 0 Å². The Balaban J connectivity index is 2.05. The number of aryl methyl sites for hydroxylation is 1. The summed E-state index contributed by atoms with van der Waals surface area (Å²) in [6.07, 6.45) is 6.44. The number of hydrogen-bond acceptors (Lipinski definition) is 5. The highest BCUT2D eigenvalue weighted by Crippen LogP contribution is 2.46. The average molecular weight is 282 g/mol. The van der Waals surface area contributed by atoms with Crippen LogP contribution in [0.25, 0.3) is 0 Å². The van der Waals surface area contributed by atoms with E-state index in [0.717, 1.165) is 44.9 Å². The van der Waals surface area contributed by atoms with Crippen LogP contribution in [0, 0.1) is 5.41 Å². The molecule has 0 unspecified atom stereocenters. The summed E-state index contributed by atoms with van der Waals surface area (Å²) in [7, 11) is 1.74. The monoisotopic (exact) mass is 282 g/mol. The molecule has 20 heavy (non-hydrogen) atoms. The molecule has 5 heteroatoms. The fourth-order valence-electron chi connectivity index (χ4n) is 2.78. The third-order valence-corrected chi connectivity index (χ3v) is 4.48. The van der Waals surface area contributed by atoms with Gasteiger partial charge < -0.3 is 14.4 Å². The van der Waals surface area contributed by atoms with E-state index in [1.54, 1.807) is 7.11 Å². The number of ether oxygens (including phenoxy) is 1. The van der Waals surface area contributed by atoms with Gasteiger partial charge in [0, 0.05) is 20.1 Å². The number of aliphatic hydroxyl groups is 1. The predicted molar refractivity (Wildman–Crippen MR) is 75.3 cm³/mol. The minimum absolute atomic E-state index is 0.206. The van der Waals surface area contributed by atoms with Crippen molar-refractivity contribution < 1.29 is 14.4 Å². The van der Waals surface area contributed by atoms with E-state index in [4.69, 9.17) is 14.4 Å². The van der Waals surface area contributed by atoms with E-state index in [1.165, 1.54) is 0 Å². The highest BCUT2D eigenvalue weighted by atomic mass is 16.5. The van der Waals surface area contributed by atoms with Crippen LogP contribution in [0.3, 0.4) is 0 Å². The molecule has 0 aromatic carbocycles. The van der Waals surface area contributed by atoms with E-state index in [9.17, 15) is 0 Å². The molecule has 1 aromatic rings. The zero-order chi connectivity index (χ0) is 14.6. The lowest BCUT2D eigenvalue weighted by Crippen LogP contribution is -2.37. The lowest BCUT2D eigenvalue weighted by atomic mass is 9.70. The highest BCUT2D eigenvalue weighted by Gasteiger charge is 2.43.